The van der Waals surface area contributed by atoms with Gasteiger partial charge in [0.15, 0.2) is 0 Å². The molecule has 104 valence electrons. The van der Waals surface area contributed by atoms with Gasteiger partial charge in [0.2, 0.25) is 0 Å². The predicted molar refractivity (Wildman–Crippen MR) is 66.6 cm³/mol. The van der Waals surface area contributed by atoms with Gasteiger partial charge in [-0.2, -0.15) is 5.10 Å². The zero-order chi connectivity index (χ0) is 14.0. The van der Waals surface area contributed by atoms with Crippen molar-refractivity contribution in [3.8, 4) is 0 Å². The van der Waals surface area contributed by atoms with Gasteiger partial charge in [-0.3, -0.25) is 19.5 Å². The van der Waals surface area contributed by atoms with Crippen LogP contribution in [0.2, 0.25) is 0 Å². The van der Waals surface area contributed by atoms with Crippen LogP contribution in [0.3, 0.4) is 0 Å². The van der Waals surface area contributed by atoms with Crippen molar-refractivity contribution in [3.05, 3.63) is 18.0 Å². The van der Waals surface area contributed by atoms with Gasteiger partial charge in [-0.25, -0.2) is 5.06 Å². The average Bonchev–Trinajstić information content (AvgIpc) is 2.84. The Morgan fingerprint density at radius 2 is 2.32 bits per heavy atom. The van der Waals surface area contributed by atoms with Gasteiger partial charge in [-0.05, 0) is 32.8 Å². The van der Waals surface area contributed by atoms with E-state index in [-0.39, 0.29) is 11.7 Å². The zero-order valence-electron chi connectivity index (χ0n) is 11.0. The molecule has 1 aromatic rings. The fourth-order valence-electron chi connectivity index (χ4n) is 1.97. The van der Waals surface area contributed by atoms with E-state index in [1.165, 1.54) is 0 Å². The molecule has 0 radical (unpaired) electrons. The van der Waals surface area contributed by atoms with Crippen LogP contribution < -0.4 is 5.32 Å². The molecule has 1 aliphatic rings. The minimum atomic E-state index is -0.671. The number of carbonyl (C=O) groups excluding carboxylic acids is 2. The van der Waals surface area contributed by atoms with Crippen molar-refractivity contribution in [2.24, 2.45) is 0 Å². The van der Waals surface area contributed by atoms with Crippen LogP contribution in [-0.2, 0) is 4.79 Å². The van der Waals surface area contributed by atoms with Crippen molar-refractivity contribution in [2.75, 3.05) is 6.54 Å². The Bertz CT molecular complexity index is 483. The van der Waals surface area contributed by atoms with Crippen LogP contribution in [0.5, 0.6) is 0 Å². The first-order valence-electron chi connectivity index (χ1n) is 6.35. The smallest absolute Gasteiger partial charge is 0.272 e. The van der Waals surface area contributed by atoms with Crippen LogP contribution in [0.1, 0.15) is 43.2 Å². The molecule has 1 saturated heterocycles. The molecule has 2 rings (SSSR count). The Kier molecular flexibility index (Phi) is 3.84. The Morgan fingerprint density at radius 3 is 2.95 bits per heavy atom. The van der Waals surface area contributed by atoms with E-state index in [9.17, 15) is 14.8 Å². The quantitative estimate of drug-likeness (QED) is 0.783. The lowest BCUT2D eigenvalue weighted by atomic mass is 10.1. The van der Waals surface area contributed by atoms with E-state index in [1.807, 2.05) is 13.8 Å². The summed E-state index contributed by atoms with van der Waals surface area (Å²) in [5.74, 6) is -0.865. The van der Waals surface area contributed by atoms with Gasteiger partial charge < -0.3 is 5.32 Å². The molecule has 1 fully saturated rings. The first-order valence-corrected chi connectivity index (χ1v) is 6.35. The Labute approximate surface area is 111 Å². The number of nitrogens with zero attached hydrogens (tertiary/aromatic N) is 3. The summed E-state index contributed by atoms with van der Waals surface area (Å²) in [5, 5.41) is 16.7. The molecule has 2 N–H and O–H groups in total. The summed E-state index contributed by atoms with van der Waals surface area (Å²) in [5.41, 5.74) is 0.275. The lowest BCUT2D eigenvalue weighted by Gasteiger charge is -2.27. The topological polar surface area (TPSA) is 87.5 Å². The highest BCUT2D eigenvalue weighted by atomic mass is 16.5. The van der Waals surface area contributed by atoms with Crippen molar-refractivity contribution in [1.29, 1.82) is 0 Å². The van der Waals surface area contributed by atoms with Crippen molar-refractivity contribution in [2.45, 2.75) is 38.8 Å². The molecule has 1 atom stereocenters. The van der Waals surface area contributed by atoms with E-state index >= 15 is 0 Å². The highest BCUT2D eigenvalue weighted by molar-refractivity contribution is 5.96. The third kappa shape index (κ3) is 2.93. The third-order valence-corrected chi connectivity index (χ3v) is 3.09. The van der Waals surface area contributed by atoms with Gasteiger partial charge in [0.1, 0.15) is 11.7 Å². The molecule has 1 aromatic heterocycles. The minimum absolute atomic E-state index is 0.172. The van der Waals surface area contributed by atoms with Crippen molar-refractivity contribution in [3.63, 3.8) is 0 Å². The van der Waals surface area contributed by atoms with Crippen LogP contribution in [0.4, 0.5) is 0 Å². The van der Waals surface area contributed by atoms with Crippen LogP contribution in [0.25, 0.3) is 0 Å². The van der Waals surface area contributed by atoms with Gasteiger partial charge in [0, 0.05) is 18.8 Å². The second kappa shape index (κ2) is 5.40. The number of hydroxylamine groups is 2. The Morgan fingerprint density at radius 1 is 1.58 bits per heavy atom. The molecule has 2 heterocycles. The van der Waals surface area contributed by atoms with Gasteiger partial charge in [-0.1, -0.05) is 0 Å². The van der Waals surface area contributed by atoms with E-state index in [1.54, 1.807) is 16.9 Å². The maximum atomic E-state index is 12.0. The van der Waals surface area contributed by atoms with Crippen LogP contribution in [-0.4, -0.2) is 44.5 Å². The summed E-state index contributed by atoms with van der Waals surface area (Å²) in [4.78, 5) is 23.6. The average molecular weight is 266 g/mol. The fraction of sp³-hybridized carbons (Fsp3) is 0.583. The fourth-order valence-corrected chi connectivity index (χ4v) is 1.97. The Hall–Kier alpha value is -1.89. The Balaban J connectivity index is 2.02. The third-order valence-electron chi connectivity index (χ3n) is 3.09. The first-order chi connectivity index (χ1) is 8.99. The number of amides is 2. The van der Waals surface area contributed by atoms with Crippen LogP contribution in [0.15, 0.2) is 12.3 Å². The molecule has 0 spiro atoms. The highest BCUT2D eigenvalue weighted by Gasteiger charge is 2.29. The zero-order valence-corrected chi connectivity index (χ0v) is 11.0. The lowest BCUT2D eigenvalue weighted by Crippen LogP contribution is -2.51. The second-order valence-electron chi connectivity index (χ2n) is 4.90. The van der Waals surface area contributed by atoms with E-state index in [4.69, 9.17) is 0 Å². The van der Waals surface area contributed by atoms with Crippen molar-refractivity contribution < 1.29 is 14.8 Å². The van der Waals surface area contributed by atoms with Gasteiger partial charge in [0.05, 0.1) is 0 Å². The van der Waals surface area contributed by atoms with E-state index in [2.05, 4.69) is 10.4 Å². The monoisotopic (exact) mass is 266 g/mol. The summed E-state index contributed by atoms with van der Waals surface area (Å²) < 4.78 is 1.68. The second-order valence-corrected chi connectivity index (χ2v) is 4.90. The first kappa shape index (κ1) is 13.5. The maximum absolute atomic E-state index is 12.0. The molecule has 7 heteroatoms. The maximum Gasteiger partial charge on any atom is 0.272 e. The van der Waals surface area contributed by atoms with Crippen molar-refractivity contribution >= 4 is 11.8 Å². The highest BCUT2D eigenvalue weighted by Crippen LogP contribution is 2.11. The largest absolute Gasteiger partial charge is 0.339 e. The number of hydrogen-bond acceptors (Lipinski definition) is 4. The molecule has 2 amide bonds. The van der Waals surface area contributed by atoms with Crippen molar-refractivity contribution in [1.82, 2.24) is 20.2 Å². The molecule has 0 aromatic carbocycles. The van der Waals surface area contributed by atoms with Crippen LogP contribution in [0, 0.1) is 0 Å². The van der Waals surface area contributed by atoms with Gasteiger partial charge in [-0.15, -0.1) is 0 Å². The normalized spacial score (nSPS) is 19.9. The molecule has 0 unspecified atom stereocenters. The van der Waals surface area contributed by atoms with E-state index in [0.29, 0.717) is 24.4 Å². The summed E-state index contributed by atoms with van der Waals surface area (Å²) >= 11 is 0. The summed E-state index contributed by atoms with van der Waals surface area (Å²) in [6, 6.07) is 1.11. The molecule has 1 aliphatic heterocycles. The number of rotatable bonds is 3. The minimum Gasteiger partial charge on any atom is -0.339 e. The standard InChI is InChI=1S/C12H18N4O3/c1-8(2)15-7-5-9(14-15)11(17)13-10-4-3-6-16(19)12(10)18/h5,7-8,10,19H,3-4,6H2,1-2H3,(H,13,17)/t10-/m1/s1. The van der Waals surface area contributed by atoms with Gasteiger partial charge >= 0.3 is 0 Å². The molecular weight excluding hydrogens is 248 g/mol. The predicted octanol–water partition coefficient (Wildman–Crippen LogP) is 0.574. The lowest BCUT2D eigenvalue weighted by molar-refractivity contribution is -0.172. The molecule has 0 aliphatic carbocycles. The van der Waals surface area contributed by atoms with E-state index in [0.717, 1.165) is 0 Å². The molecule has 19 heavy (non-hydrogen) atoms. The molecule has 7 nitrogen and oxygen atoms in total. The summed E-state index contributed by atoms with van der Waals surface area (Å²) in [6.45, 7) is 4.24. The summed E-state index contributed by atoms with van der Waals surface area (Å²) in [7, 11) is 0. The van der Waals surface area contributed by atoms with Crippen LogP contribution >= 0.6 is 0 Å². The number of nitrogens with one attached hydrogen (secondary N) is 1. The number of aromatic nitrogens is 2. The number of piperidine rings is 1. The summed E-state index contributed by atoms with van der Waals surface area (Å²) in [6.07, 6.45) is 2.92. The van der Waals surface area contributed by atoms with Gasteiger partial charge in [0.25, 0.3) is 11.8 Å². The SMILES string of the molecule is CC(C)n1ccc(C(=O)N[C@@H]2CCCN(O)C2=O)n1. The molecule has 0 saturated carbocycles. The molecule has 0 bridgehead atoms. The number of carbonyl (C=O) groups is 2. The number of hydrogen-bond donors (Lipinski definition) is 2. The van der Waals surface area contributed by atoms with E-state index < -0.39 is 17.9 Å². The molecular formula is C12H18N4O3.